The highest BCUT2D eigenvalue weighted by Crippen LogP contribution is 2.29. The van der Waals surface area contributed by atoms with Gasteiger partial charge in [0.15, 0.2) is 0 Å². The Morgan fingerprint density at radius 2 is 2.22 bits per heavy atom. The van der Waals surface area contributed by atoms with E-state index in [-0.39, 0.29) is 6.10 Å². The lowest BCUT2D eigenvalue weighted by molar-refractivity contribution is -0.0519. The van der Waals surface area contributed by atoms with Crippen LogP contribution in [0.1, 0.15) is 49.8 Å². The van der Waals surface area contributed by atoms with Crippen molar-refractivity contribution in [2.75, 3.05) is 13.1 Å². The number of nitrogens with one attached hydrogen (secondary N) is 1. The van der Waals surface area contributed by atoms with E-state index in [1.807, 2.05) is 0 Å². The second-order valence-electron chi connectivity index (χ2n) is 5.30. The van der Waals surface area contributed by atoms with Crippen molar-refractivity contribution in [3.63, 3.8) is 0 Å². The van der Waals surface area contributed by atoms with E-state index in [9.17, 15) is 0 Å². The molecule has 1 N–H and O–H groups in total. The van der Waals surface area contributed by atoms with Crippen molar-refractivity contribution in [1.82, 2.24) is 5.32 Å². The Kier molecular flexibility index (Phi) is 5.21. The Labute approximate surface area is 111 Å². The zero-order valence-corrected chi connectivity index (χ0v) is 11.6. The molecule has 1 fully saturated rings. The molecule has 1 saturated carbocycles. The standard InChI is InChI=1S/C16H25NO/c1-3-10-17-12-16(18-15-8-5-9-15)14-7-4-6-13(2)11-14/h4,6-7,11,15-17H,3,5,8-10,12H2,1-2H3. The van der Waals surface area contributed by atoms with E-state index in [4.69, 9.17) is 4.74 Å². The third-order valence-corrected chi connectivity index (χ3v) is 3.58. The summed E-state index contributed by atoms with van der Waals surface area (Å²) in [7, 11) is 0. The second-order valence-corrected chi connectivity index (χ2v) is 5.30. The summed E-state index contributed by atoms with van der Waals surface area (Å²) in [5.74, 6) is 0. The molecule has 2 heteroatoms. The average molecular weight is 247 g/mol. The maximum absolute atomic E-state index is 6.21. The van der Waals surface area contributed by atoms with Crippen LogP contribution in [0.25, 0.3) is 0 Å². The zero-order chi connectivity index (χ0) is 12.8. The van der Waals surface area contributed by atoms with E-state index in [1.165, 1.54) is 36.8 Å². The summed E-state index contributed by atoms with van der Waals surface area (Å²) in [5.41, 5.74) is 2.62. The fraction of sp³-hybridized carbons (Fsp3) is 0.625. The molecule has 0 spiro atoms. The van der Waals surface area contributed by atoms with Gasteiger partial charge in [0, 0.05) is 6.54 Å². The highest BCUT2D eigenvalue weighted by Gasteiger charge is 2.23. The fourth-order valence-electron chi connectivity index (χ4n) is 2.26. The van der Waals surface area contributed by atoms with E-state index in [1.54, 1.807) is 0 Å². The molecule has 1 atom stereocenters. The molecule has 0 bridgehead atoms. The number of ether oxygens (including phenoxy) is 1. The van der Waals surface area contributed by atoms with Gasteiger partial charge >= 0.3 is 0 Å². The van der Waals surface area contributed by atoms with Gasteiger partial charge in [0.1, 0.15) is 0 Å². The van der Waals surface area contributed by atoms with Crippen LogP contribution in [0.2, 0.25) is 0 Å². The Balaban J connectivity index is 1.97. The summed E-state index contributed by atoms with van der Waals surface area (Å²) < 4.78 is 6.21. The van der Waals surface area contributed by atoms with Crippen LogP contribution in [0.5, 0.6) is 0 Å². The summed E-state index contributed by atoms with van der Waals surface area (Å²) in [6.07, 6.45) is 5.66. The maximum atomic E-state index is 6.21. The first kappa shape index (κ1) is 13.6. The summed E-state index contributed by atoms with van der Waals surface area (Å²) in [5, 5.41) is 3.48. The quantitative estimate of drug-likeness (QED) is 0.743. The van der Waals surface area contributed by atoms with Gasteiger partial charge in [-0.25, -0.2) is 0 Å². The lowest BCUT2D eigenvalue weighted by atomic mass is 9.95. The van der Waals surface area contributed by atoms with Crippen LogP contribution in [0.3, 0.4) is 0 Å². The monoisotopic (exact) mass is 247 g/mol. The zero-order valence-electron chi connectivity index (χ0n) is 11.6. The Morgan fingerprint density at radius 1 is 1.39 bits per heavy atom. The van der Waals surface area contributed by atoms with Crippen molar-refractivity contribution < 1.29 is 4.74 Å². The summed E-state index contributed by atoms with van der Waals surface area (Å²) in [6, 6.07) is 8.70. The minimum Gasteiger partial charge on any atom is -0.369 e. The molecular weight excluding hydrogens is 222 g/mol. The summed E-state index contributed by atoms with van der Waals surface area (Å²) >= 11 is 0. The third kappa shape index (κ3) is 3.82. The Morgan fingerprint density at radius 3 is 2.83 bits per heavy atom. The van der Waals surface area contributed by atoms with Crippen LogP contribution in [-0.2, 0) is 4.74 Å². The Bertz CT molecular complexity index is 360. The molecule has 0 aliphatic heterocycles. The molecule has 0 aromatic heterocycles. The van der Waals surface area contributed by atoms with Crippen LogP contribution < -0.4 is 5.32 Å². The van der Waals surface area contributed by atoms with E-state index in [0.717, 1.165) is 13.1 Å². The smallest absolute Gasteiger partial charge is 0.0953 e. The van der Waals surface area contributed by atoms with E-state index in [0.29, 0.717) is 6.10 Å². The molecule has 1 aromatic rings. The number of hydrogen-bond acceptors (Lipinski definition) is 2. The van der Waals surface area contributed by atoms with Gasteiger partial charge in [-0.3, -0.25) is 0 Å². The number of benzene rings is 1. The van der Waals surface area contributed by atoms with Gasteiger partial charge in [-0.2, -0.15) is 0 Å². The van der Waals surface area contributed by atoms with Gasteiger partial charge < -0.3 is 10.1 Å². The molecule has 2 nitrogen and oxygen atoms in total. The van der Waals surface area contributed by atoms with Crippen molar-refractivity contribution in [1.29, 1.82) is 0 Å². The van der Waals surface area contributed by atoms with Gasteiger partial charge in [0.25, 0.3) is 0 Å². The van der Waals surface area contributed by atoms with Gasteiger partial charge in [0.2, 0.25) is 0 Å². The minimum absolute atomic E-state index is 0.210. The number of aryl methyl sites for hydroxylation is 1. The maximum Gasteiger partial charge on any atom is 0.0953 e. The first-order chi connectivity index (χ1) is 8.79. The van der Waals surface area contributed by atoms with E-state index >= 15 is 0 Å². The van der Waals surface area contributed by atoms with Crippen LogP contribution in [0.4, 0.5) is 0 Å². The second kappa shape index (κ2) is 6.91. The van der Waals surface area contributed by atoms with Crippen molar-refractivity contribution >= 4 is 0 Å². The normalized spacial score (nSPS) is 17.4. The third-order valence-electron chi connectivity index (χ3n) is 3.58. The van der Waals surface area contributed by atoms with Crippen molar-refractivity contribution in [2.45, 2.75) is 51.7 Å². The molecule has 2 rings (SSSR count). The Hall–Kier alpha value is -0.860. The number of hydrogen-bond donors (Lipinski definition) is 1. The van der Waals surface area contributed by atoms with Crippen molar-refractivity contribution in [3.05, 3.63) is 35.4 Å². The predicted octanol–water partition coefficient (Wildman–Crippen LogP) is 3.60. The van der Waals surface area contributed by atoms with Crippen molar-refractivity contribution in [2.24, 2.45) is 0 Å². The minimum atomic E-state index is 0.210. The molecule has 0 radical (unpaired) electrons. The molecule has 18 heavy (non-hydrogen) atoms. The SMILES string of the molecule is CCCNCC(OC1CCC1)c1cccc(C)c1. The van der Waals surface area contributed by atoms with Crippen molar-refractivity contribution in [3.8, 4) is 0 Å². The fourth-order valence-corrected chi connectivity index (χ4v) is 2.26. The van der Waals surface area contributed by atoms with Gasteiger partial charge in [-0.15, -0.1) is 0 Å². The van der Waals surface area contributed by atoms with Crippen LogP contribution in [0, 0.1) is 6.92 Å². The highest BCUT2D eigenvalue weighted by atomic mass is 16.5. The molecule has 1 aliphatic carbocycles. The van der Waals surface area contributed by atoms with E-state index < -0.39 is 0 Å². The lowest BCUT2D eigenvalue weighted by Crippen LogP contribution is -2.30. The van der Waals surface area contributed by atoms with Gasteiger partial charge in [-0.1, -0.05) is 36.8 Å². The first-order valence-corrected chi connectivity index (χ1v) is 7.22. The van der Waals surface area contributed by atoms with Crippen LogP contribution in [-0.4, -0.2) is 19.2 Å². The molecule has 1 aromatic carbocycles. The largest absolute Gasteiger partial charge is 0.369 e. The molecule has 1 unspecified atom stereocenters. The molecule has 0 saturated heterocycles. The summed E-state index contributed by atoms with van der Waals surface area (Å²) in [4.78, 5) is 0. The first-order valence-electron chi connectivity index (χ1n) is 7.22. The van der Waals surface area contributed by atoms with Crippen LogP contribution >= 0.6 is 0 Å². The topological polar surface area (TPSA) is 21.3 Å². The van der Waals surface area contributed by atoms with Gasteiger partial charge in [-0.05, 0) is 44.7 Å². The molecule has 0 heterocycles. The molecule has 1 aliphatic rings. The molecule has 0 amide bonds. The van der Waals surface area contributed by atoms with Crippen LogP contribution in [0.15, 0.2) is 24.3 Å². The predicted molar refractivity (Wildman–Crippen MR) is 75.8 cm³/mol. The molecular formula is C16H25NO. The number of rotatable bonds is 7. The average Bonchev–Trinajstić information content (AvgIpc) is 2.31. The van der Waals surface area contributed by atoms with E-state index in [2.05, 4.69) is 43.4 Å². The lowest BCUT2D eigenvalue weighted by Gasteiger charge is -2.31. The summed E-state index contributed by atoms with van der Waals surface area (Å²) in [6.45, 7) is 6.33. The highest BCUT2D eigenvalue weighted by molar-refractivity contribution is 5.24. The van der Waals surface area contributed by atoms with Gasteiger partial charge in [0.05, 0.1) is 12.2 Å². The molecule has 100 valence electrons.